The Hall–Kier alpha value is -1.43. The summed E-state index contributed by atoms with van der Waals surface area (Å²) in [6.45, 7) is 4.09. The van der Waals surface area contributed by atoms with Crippen LogP contribution in [-0.2, 0) is 0 Å². The van der Waals surface area contributed by atoms with Gasteiger partial charge in [-0.05, 0) is 18.8 Å². The fourth-order valence-corrected chi connectivity index (χ4v) is 3.11. The van der Waals surface area contributed by atoms with Gasteiger partial charge in [-0.25, -0.2) is 4.68 Å². The highest BCUT2D eigenvalue weighted by Crippen LogP contribution is 2.27. The van der Waals surface area contributed by atoms with Gasteiger partial charge in [0, 0.05) is 26.2 Å². The zero-order chi connectivity index (χ0) is 14.1. The lowest BCUT2D eigenvalue weighted by atomic mass is 9.86. The monoisotopic (exact) mass is 277 g/mol. The van der Waals surface area contributed by atoms with Crippen LogP contribution in [0.2, 0.25) is 0 Å². The number of rotatable bonds is 3. The van der Waals surface area contributed by atoms with Crippen molar-refractivity contribution in [1.82, 2.24) is 25.2 Å². The van der Waals surface area contributed by atoms with E-state index in [1.165, 1.54) is 12.8 Å². The summed E-state index contributed by atoms with van der Waals surface area (Å²) in [7, 11) is 1.90. The third-order valence-electron chi connectivity index (χ3n) is 4.64. The van der Waals surface area contributed by atoms with E-state index in [2.05, 4.69) is 22.6 Å². The highest BCUT2D eigenvalue weighted by molar-refractivity contribution is 5.91. The predicted molar refractivity (Wildman–Crippen MR) is 75.4 cm³/mol. The van der Waals surface area contributed by atoms with Gasteiger partial charge in [-0.1, -0.05) is 25.0 Å². The van der Waals surface area contributed by atoms with E-state index in [0.717, 1.165) is 25.9 Å². The lowest BCUT2D eigenvalue weighted by Crippen LogP contribution is -2.43. The number of carbonyl (C=O) groups is 1. The zero-order valence-electron chi connectivity index (χ0n) is 12.2. The normalized spacial score (nSPS) is 27.1. The standard InChI is InChI=1S/C14H23N5O/c1-10-4-3-5-11(6-10)18(2)14(20)13-9-19(17-16-13)12-7-15-8-12/h9-12,15H,3-8H2,1-2H3. The summed E-state index contributed by atoms with van der Waals surface area (Å²) in [5.41, 5.74) is 0.470. The van der Waals surface area contributed by atoms with Crippen LogP contribution < -0.4 is 5.32 Å². The maximum Gasteiger partial charge on any atom is 0.276 e. The number of nitrogens with zero attached hydrogens (tertiary/aromatic N) is 4. The third kappa shape index (κ3) is 2.57. The molecule has 2 unspecified atom stereocenters. The molecule has 1 aliphatic heterocycles. The smallest absolute Gasteiger partial charge is 0.276 e. The second-order valence-electron chi connectivity index (χ2n) is 6.24. The minimum atomic E-state index is 0.00244. The Labute approximate surface area is 119 Å². The first kappa shape index (κ1) is 13.5. The molecule has 110 valence electrons. The number of aromatic nitrogens is 3. The van der Waals surface area contributed by atoms with Crippen molar-refractivity contribution in [1.29, 1.82) is 0 Å². The lowest BCUT2D eigenvalue weighted by molar-refractivity contribution is 0.0666. The summed E-state index contributed by atoms with van der Waals surface area (Å²) < 4.78 is 1.81. The van der Waals surface area contributed by atoms with E-state index >= 15 is 0 Å². The molecular weight excluding hydrogens is 254 g/mol. The van der Waals surface area contributed by atoms with Gasteiger partial charge in [0.05, 0.1) is 12.2 Å². The summed E-state index contributed by atoms with van der Waals surface area (Å²) in [6.07, 6.45) is 6.49. The Morgan fingerprint density at radius 2 is 2.25 bits per heavy atom. The summed E-state index contributed by atoms with van der Waals surface area (Å²) in [5.74, 6) is 0.711. The quantitative estimate of drug-likeness (QED) is 0.898. The second kappa shape index (κ2) is 5.52. The zero-order valence-corrected chi connectivity index (χ0v) is 12.2. The number of hydrogen-bond donors (Lipinski definition) is 1. The molecule has 1 N–H and O–H groups in total. The van der Waals surface area contributed by atoms with Crippen molar-refractivity contribution >= 4 is 5.91 Å². The molecule has 2 fully saturated rings. The molecule has 0 radical (unpaired) electrons. The van der Waals surface area contributed by atoms with Crippen LogP contribution in [-0.4, -0.2) is 52.0 Å². The minimum absolute atomic E-state index is 0.00244. The maximum absolute atomic E-state index is 12.5. The largest absolute Gasteiger partial charge is 0.337 e. The van der Waals surface area contributed by atoms with Crippen molar-refractivity contribution in [3.63, 3.8) is 0 Å². The van der Waals surface area contributed by atoms with E-state index < -0.39 is 0 Å². The molecule has 0 bridgehead atoms. The molecule has 3 rings (SSSR count). The van der Waals surface area contributed by atoms with Gasteiger partial charge in [0.15, 0.2) is 5.69 Å². The first-order chi connectivity index (χ1) is 9.65. The minimum Gasteiger partial charge on any atom is -0.337 e. The summed E-state index contributed by atoms with van der Waals surface area (Å²) in [4.78, 5) is 14.4. The molecular formula is C14H23N5O. The SMILES string of the molecule is CC1CCCC(N(C)C(=O)c2cn(C3CNC3)nn2)C1. The van der Waals surface area contributed by atoms with Gasteiger partial charge < -0.3 is 10.2 Å². The molecule has 1 saturated heterocycles. The van der Waals surface area contributed by atoms with E-state index in [1.54, 1.807) is 10.9 Å². The summed E-state index contributed by atoms with van der Waals surface area (Å²) in [6, 6.07) is 0.700. The Morgan fingerprint density at radius 1 is 1.45 bits per heavy atom. The van der Waals surface area contributed by atoms with E-state index in [0.29, 0.717) is 23.7 Å². The third-order valence-corrected chi connectivity index (χ3v) is 4.64. The average Bonchev–Trinajstić information content (AvgIpc) is 2.84. The van der Waals surface area contributed by atoms with E-state index in [1.807, 2.05) is 11.9 Å². The molecule has 0 aromatic carbocycles. The second-order valence-corrected chi connectivity index (χ2v) is 6.24. The molecule has 6 nitrogen and oxygen atoms in total. The van der Waals surface area contributed by atoms with Crippen molar-refractivity contribution in [2.75, 3.05) is 20.1 Å². The summed E-state index contributed by atoms with van der Waals surface area (Å²) in [5, 5.41) is 11.3. The molecule has 6 heteroatoms. The molecule has 1 aromatic rings. The van der Waals surface area contributed by atoms with Crippen LogP contribution in [0.5, 0.6) is 0 Å². The predicted octanol–water partition coefficient (Wildman–Crippen LogP) is 1.07. The van der Waals surface area contributed by atoms with Crippen molar-refractivity contribution < 1.29 is 4.79 Å². The van der Waals surface area contributed by atoms with Gasteiger partial charge in [-0.15, -0.1) is 5.10 Å². The van der Waals surface area contributed by atoms with Crippen LogP contribution >= 0.6 is 0 Å². The van der Waals surface area contributed by atoms with E-state index in [4.69, 9.17) is 0 Å². The van der Waals surface area contributed by atoms with E-state index in [9.17, 15) is 4.79 Å². The topological polar surface area (TPSA) is 63.1 Å². The molecule has 1 saturated carbocycles. The first-order valence-corrected chi connectivity index (χ1v) is 7.55. The number of carbonyl (C=O) groups excluding carboxylic acids is 1. The average molecular weight is 277 g/mol. The van der Waals surface area contributed by atoms with Crippen molar-refractivity contribution in [2.24, 2.45) is 5.92 Å². The highest BCUT2D eigenvalue weighted by atomic mass is 16.2. The van der Waals surface area contributed by atoms with Crippen molar-refractivity contribution in [3.05, 3.63) is 11.9 Å². The van der Waals surface area contributed by atoms with Crippen LogP contribution in [0.3, 0.4) is 0 Å². The molecule has 20 heavy (non-hydrogen) atoms. The summed E-state index contributed by atoms with van der Waals surface area (Å²) >= 11 is 0. The fraction of sp³-hybridized carbons (Fsp3) is 0.786. The highest BCUT2D eigenvalue weighted by Gasteiger charge is 2.28. The molecule has 1 amide bonds. The Bertz CT molecular complexity index is 482. The van der Waals surface area contributed by atoms with Gasteiger partial charge in [0.25, 0.3) is 5.91 Å². The molecule has 2 atom stereocenters. The first-order valence-electron chi connectivity index (χ1n) is 7.55. The van der Waals surface area contributed by atoms with Gasteiger partial charge in [0.1, 0.15) is 0 Å². The van der Waals surface area contributed by atoms with Gasteiger partial charge in [-0.2, -0.15) is 0 Å². The molecule has 0 spiro atoms. The Morgan fingerprint density at radius 3 is 2.90 bits per heavy atom. The molecule has 1 aliphatic carbocycles. The van der Waals surface area contributed by atoms with Gasteiger partial charge in [0.2, 0.25) is 0 Å². The number of nitrogens with one attached hydrogen (secondary N) is 1. The maximum atomic E-state index is 12.5. The molecule has 2 heterocycles. The Kier molecular flexibility index (Phi) is 3.74. The van der Waals surface area contributed by atoms with Crippen LogP contribution in [0, 0.1) is 5.92 Å². The Balaban J connectivity index is 1.66. The van der Waals surface area contributed by atoms with Gasteiger partial charge in [-0.3, -0.25) is 4.79 Å². The molecule has 1 aromatic heterocycles. The van der Waals surface area contributed by atoms with E-state index in [-0.39, 0.29) is 5.91 Å². The molecule has 2 aliphatic rings. The van der Waals surface area contributed by atoms with Gasteiger partial charge >= 0.3 is 0 Å². The number of amides is 1. The fourth-order valence-electron chi connectivity index (χ4n) is 3.11. The lowest BCUT2D eigenvalue weighted by Gasteiger charge is -2.33. The van der Waals surface area contributed by atoms with Crippen molar-refractivity contribution in [2.45, 2.75) is 44.7 Å². The number of hydrogen-bond acceptors (Lipinski definition) is 4. The van der Waals surface area contributed by atoms with Crippen LogP contribution in [0.4, 0.5) is 0 Å². The van der Waals surface area contributed by atoms with Crippen LogP contribution in [0.1, 0.15) is 49.1 Å². The van der Waals surface area contributed by atoms with Crippen LogP contribution in [0.15, 0.2) is 6.20 Å². The van der Waals surface area contributed by atoms with Crippen LogP contribution in [0.25, 0.3) is 0 Å². The van der Waals surface area contributed by atoms with Crippen molar-refractivity contribution in [3.8, 4) is 0 Å².